The molecule has 0 spiro atoms. The number of carbonyl (C=O) groups is 3. The molecule has 2 aliphatic heterocycles. The van der Waals surface area contributed by atoms with E-state index in [0.717, 1.165) is 0 Å². The van der Waals surface area contributed by atoms with Crippen LogP contribution in [0, 0.1) is 0 Å². The number of likely N-dealkylation sites (tertiary alicyclic amines) is 1. The minimum Gasteiger partial charge on any atom is -0.480 e. The van der Waals surface area contributed by atoms with Crippen molar-refractivity contribution < 1.29 is 19.5 Å². The van der Waals surface area contributed by atoms with Gasteiger partial charge >= 0.3 is 12.0 Å². The summed E-state index contributed by atoms with van der Waals surface area (Å²) in [6, 6.07) is -1.64. The summed E-state index contributed by atoms with van der Waals surface area (Å²) >= 11 is 0. The molecule has 2 fully saturated rings. The van der Waals surface area contributed by atoms with Crippen LogP contribution in [0.3, 0.4) is 0 Å². The molecule has 18 heavy (non-hydrogen) atoms. The first-order valence-electron chi connectivity index (χ1n) is 6.10. The van der Waals surface area contributed by atoms with Crippen molar-refractivity contribution in [3.8, 4) is 0 Å². The minimum absolute atomic E-state index is 0.194. The zero-order valence-corrected chi connectivity index (χ0v) is 10.3. The molecule has 0 aromatic carbocycles. The van der Waals surface area contributed by atoms with Crippen LogP contribution < -0.4 is 5.32 Å². The zero-order valence-electron chi connectivity index (χ0n) is 10.3. The van der Waals surface area contributed by atoms with Gasteiger partial charge in [-0.1, -0.05) is 0 Å². The number of hydrogen-bond donors (Lipinski definition) is 2. The van der Waals surface area contributed by atoms with Crippen LogP contribution in [0.5, 0.6) is 0 Å². The Balaban J connectivity index is 2.10. The van der Waals surface area contributed by atoms with Crippen molar-refractivity contribution in [1.82, 2.24) is 15.1 Å². The molecule has 2 rings (SSSR count). The van der Waals surface area contributed by atoms with Crippen molar-refractivity contribution in [2.75, 3.05) is 19.6 Å². The Morgan fingerprint density at radius 3 is 2.72 bits per heavy atom. The average molecular weight is 255 g/mol. The number of rotatable bonds is 1. The number of amides is 3. The second kappa shape index (κ2) is 4.83. The smallest absolute Gasteiger partial charge is 0.326 e. The van der Waals surface area contributed by atoms with Crippen LogP contribution >= 0.6 is 0 Å². The van der Waals surface area contributed by atoms with Gasteiger partial charge in [-0.25, -0.2) is 9.59 Å². The van der Waals surface area contributed by atoms with E-state index in [1.165, 1.54) is 9.80 Å². The van der Waals surface area contributed by atoms with Crippen LogP contribution in [-0.4, -0.2) is 64.5 Å². The number of carboxylic acids is 1. The Bertz CT molecular complexity index is 380. The van der Waals surface area contributed by atoms with Gasteiger partial charge in [-0.05, 0) is 19.8 Å². The summed E-state index contributed by atoms with van der Waals surface area (Å²) in [6.07, 6.45) is 1.17. The molecule has 1 unspecified atom stereocenters. The predicted octanol–water partition coefficient (Wildman–Crippen LogP) is -0.524. The molecular weight excluding hydrogens is 238 g/mol. The molecular formula is C11H17N3O4. The average Bonchev–Trinajstić information content (AvgIpc) is 2.81. The van der Waals surface area contributed by atoms with E-state index in [1.54, 1.807) is 6.92 Å². The zero-order chi connectivity index (χ0) is 13.3. The Morgan fingerprint density at radius 2 is 2.06 bits per heavy atom. The van der Waals surface area contributed by atoms with Crippen LogP contribution in [0.2, 0.25) is 0 Å². The van der Waals surface area contributed by atoms with Gasteiger partial charge in [0.15, 0.2) is 0 Å². The fourth-order valence-corrected chi connectivity index (χ4v) is 2.46. The van der Waals surface area contributed by atoms with Gasteiger partial charge in [-0.3, -0.25) is 4.79 Å². The first-order valence-corrected chi connectivity index (χ1v) is 6.10. The third kappa shape index (κ3) is 2.12. The first kappa shape index (κ1) is 12.7. The highest BCUT2D eigenvalue weighted by Gasteiger charge is 2.39. The number of nitrogens with zero attached hydrogens (tertiary/aromatic N) is 2. The molecule has 3 amide bonds. The molecule has 2 aliphatic rings. The molecule has 0 saturated carbocycles. The Hall–Kier alpha value is -1.79. The van der Waals surface area contributed by atoms with Crippen LogP contribution in [0.1, 0.15) is 19.8 Å². The Labute approximate surface area is 105 Å². The highest BCUT2D eigenvalue weighted by molar-refractivity contribution is 5.89. The Kier molecular flexibility index (Phi) is 3.40. The van der Waals surface area contributed by atoms with Gasteiger partial charge in [0, 0.05) is 19.6 Å². The summed E-state index contributed by atoms with van der Waals surface area (Å²) in [5, 5.41) is 11.7. The lowest BCUT2D eigenvalue weighted by Crippen LogP contribution is -2.60. The second-order valence-electron chi connectivity index (χ2n) is 4.63. The summed E-state index contributed by atoms with van der Waals surface area (Å²) in [7, 11) is 0. The lowest BCUT2D eigenvalue weighted by Gasteiger charge is -2.36. The molecule has 0 radical (unpaired) electrons. The molecule has 0 bridgehead atoms. The number of aliphatic carboxylic acids is 1. The summed E-state index contributed by atoms with van der Waals surface area (Å²) in [4.78, 5) is 37.6. The number of carbonyl (C=O) groups excluding carboxylic acids is 2. The third-order valence-electron chi connectivity index (χ3n) is 3.53. The highest BCUT2D eigenvalue weighted by Crippen LogP contribution is 2.20. The first-order chi connectivity index (χ1) is 8.52. The standard InChI is InChI=1S/C11H17N3O4/c1-7-9(15)12-4-6-13(7)11(18)14-5-2-3-8(14)10(16)17/h7-8H,2-6H2,1H3,(H,12,15)(H,16,17)/t7?,8-/m1/s1. The van der Waals surface area contributed by atoms with Gasteiger partial charge in [0.05, 0.1) is 0 Å². The van der Waals surface area contributed by atoms with Crippen molar-refractivity contribution in [3.05, 3.63) is 0 Å². The number of nitrogens with one attached hydrogen (secondary N) is 1. The fourth-order valence-electron chi connectivity index (χ4n) is 2.46. The molecule has 7 nitrogen and oxygen atoms in total. The largest absolute Gasteiger partial charge is 0.480 e. The quantitative estimate of drug-likeness (QED) is 0.659. The van der Waals surface area contributed by atoms with E-state index in [9.17, 15) is 14.4 Å². The summed E-state index contributed by atoms with van der Waals surface area (Å²) < 4.78 is 0. The normalized spacial score (nSPS) is 28.2. The Morgan fingerprint density at radius 1 is 1.33 bits per heavy atom. The molecule has 0 aliphatic carbocycles. The lowest BCUT2D eigenvalue weighted by molar-refractivity contribution is -0.141. The van der Waals surface area contributed by atoms with Crippen LogP contribution in [0.4, 0.5) is 4.79 Å². The van der Waals surface area contributed by atoms with E-state index in [-0.39, 0.29) is 11.9 Å². The number of urea groups is 1. The fraction of sp³-hybridized carbons (Fsp3) is 0.727. The number of piperazine rings is 1. The van der Waals surface area contributed by atoms with Gasteiger partial charge in [0.2, 0.25) is 5.91 Å². The van der Waals surface area contributed by atoms with Gasteiger partial charge in [-0.15, -0.1) is 0 Å². The van der Waals surface area contributed by atoms with E-state index < -0.39 is 18.1 Å². The minimum atomic E-state index is -0.977. The molecule has 2 heterocycles. The molecule has 2 saturated heterocycles. The maximum atomic E-state index is 12.3. The van der Waals surface area contributed by atoms with E-state index in [1.807, 2.05) is 0 Å². The van der Waals surface area contributed by atoms with Gasteiger partial charge in [0.25, 0.3) is 0 Å². The molecule has 0 aromatic heterocycles. The van der Waals surface area contributed by atoms with Gasteiger partial charge in [0.1, 0.15) is 12.1 Å². The SMILES string of the molecule is CC1C(=O)NCCN1C(=O)N1CCC[C@@H]1C(=O)O. The molecule has 100 valence electrons. The molecule has 0 aromatic rings. The number of carboxylic acid groups (broad SMARTS) is 1. The van der Waals surface area contributed by atoms with Crippen molar-refractivity contribution in [1.29, 1.82) is 0 Å². The summed E-state index contributed by atoms with van der Waals surface area (Å²) in [5.74, 6) is -1.17. The predicted molar refractivity (Wildman–Crippen MR) is 61.9 cm³/mol. The van der Waals surface area contributed by atoms with Crippen LogP contribution in [0.25, 0.3) is 0 Å². The van der Waals surface area contributed by atoms with Gasteiger partial charge in [-0.2, -0.15) is 0 Å². The molecule has 2 N–H and O–H groups in total. The number of hydrogen-bond acceptors (Lipinski definition) is 3. The third-order valence-corrected chi connectivity index (χ3v) is 3.53. The molecule has 2 atom stereocenters. The van der Waals surface area contributed by atoms with E-state index in [0.29, 0.717) is 32.5 Å². The van der Waals surface area contributed by atoms with Crippen LogP contribution in [0.15, 0.2) is 0 Å². The lowest BCUT2D eigenvalue weighted by atomic mass is 10.2. The van der Waals surface area contributed by atoms with E-state index in [2.05, 4.69) is 5.32 Å². The molecule has 7 heteroatoms. The topological polar surface area (TPSA) is 90.0 Å². The van der Waals surface area contributed by atoms with Crippen molar-refractivity contribution >= 4 is 17.9 Å². The summed E-state index contributed by atoms with van der Waals surface area (Å²) in [5.41, 5.74) is 0. The van der Waals surface area contributed by atoms with E-state index >= 15 is 0 Å². The summed E-state index contributed by atoms with van der Waals surface area (Å²) in [6.45, 7) is 2.94. The monoisotopic (exact) mass is 255 g/mol. The maximum absolute atomic E-state index is 12.3. The van der Waals surface area contributed by atoms with Crippen molar-refractivity contribution in [2.24, 2.45) is 0 Å². The second-order valence-corrected chi connectivity index (χ2v) is 4.63. The van der Waals surface area contributed by atoms with Gasteiger partial charge < -0.3 is 20.2 Å². The van der Waals surface area contributed by atoms with E-state index in [4.69, 9.17) is 5.11 Å². The highest BCUT2D eigenvalue weighted by atomic mass is 16.4. The maximum Gasteiger partial charge on any atom is 0.326 e. The van der Waals surface area contributed by atoms with Crippen LogP contribution in [-0.2, 0) is 9.59 Å². The van der Waals surface area contributed by atoms with Crippen molar-refractivity contribution in [2.45, 2.75) is 31.8 Å². The van der Waals surface area contributed by atoms with Crippen molar-refractivity contribution in [3.63, 3.8) is 0 Å².